The molecular formula is C22H21FN2O4S. The molecule has 156 valence electrons. The molecule has 0 aliphatic heterocycles. The van der Waals surface area contributed by atoms with Crippen LogP contribution < -0.4 is 10.1 Å². The third-order valence-electron chi connectivity index (χ3n) is 4.31. The van der Waals surface area contributed by atoms with E-state index >= 15 is 0 Å². The Morgan fingerprint density at radius 1 is 1.00 bits per heavy atom. The summed E-state index contributed by atoms with van der Waals surface area (Å²) in [6, 6.07) is 18.6. The van der Waals surface area contributed by atoms with Crippen molar-refractivity contribution < 1.29 is 22.3 Å². The first kappa shape index (κ1) is 21.5. The Balaban J connectivity index is 1.77. The normalized spacial score (nSPS) is 11.3. The Morgan fingerprint density at radius 3 is 2.40 bits per heavy atom. The Morgan fingerprint density at radius 2 is 1.70 bits per heavy atom. The number of halogens is 1. The second kappa shape index (κ2) is 9.06. The minimum atomic E-state index is -3.62. The van der Waals surface area contributed by atoms with Crippen LogP contribution in [0.1, 0.15) is 15.9 Å². The van der Waals surface area contributed by atoms with Crippen LogP contribution in [0.4, 0.5) is 10.1 Å². The first-order valence-corrected chi connectivity index (χ1v) is 10.5. The summed E-state index contributed by atoms with van der Waals surface area (Å²) in [5, 5.41) is 2.70. The molecule has 0 fully saturated rings. The molecule has 0 unspecified atom stereocenters. The van der Waals surface area contributed by atoms with Crippen LogP contribution in [0.3, 0.4) is 0 Å². The summed E-state index contributed by atoms with van der Waals surface area (Å²) >= 11 is 0. The fraction of sp³-hybridized carbons (Fsp3) is 0.136. The number of carbonyl (C=O) groups is 1. The topological polar surface area (TPSA) is 75.7 Å². The van der Waals surface area contributed by atoms with Crippen LogP contribution in [0.5, 0.6) is 5.75 Å². The van der Waals surface area contributed by atoms with Crippen molar-refractivity contribution in [2.24, 2.45) is 0 Å². The molecule has 3 rings (SSSR count). The number of para-hydroxylation sites is 1. The van der Waals surface area contributed by atoms with Gasteiger partial charge < -0.3 is 10.1 Å². The fourth-order valence-corrected chi connectivity index (χ4v) is 3.61. The summed E-state index contributed by atoms with van der Waals surface area (Å²) in [4.78, 5) is 12.9. The molecule has 30 heavy (non-hydrogen) atoms. The maximum Gasteiger partial charge on any atom is 0.259 e. The average Bonchev–Trinajstić information content (AvgIpc) is 2.73. The van der Waals surface area contributed by atoms with E-state index in [2.05, 4.69) is 5.32 Å². The molecule has 8 heteroatoms. The van der Waals surface area contributed by atoms with Crippen molar-refractivity contribution >= 4 is 21.6 Å². The van der Waals surface area contributed by atoms with Crippen molar-refractivity contribution in [3.63, 3.8) is 0 Å². The van der Waals surface area contributed by atoms with E-state index in [9.17, 15) is 17.6 Å². The van der Waals surface area contributed by atoms with Crippen LogP contribution in [0.2, 0.25) is 0 Å². The van der Waals surface area contributed by atoms with E-state index in [1.807, 2.05) is 0 Å². The number of hydrogen-bond acceptors (Lipinski definition) is 4. The van der Waals surface area contributed by atoms with Crippen molar-refractivity contribution in [2.45, 2.75) is 11.5 Å². The molecule has 0 atom stereocenters. The minimum Gasteiger partial charge on any atom is -0.488 e. The number of nitrogens with zero attached hydrogens (tertiary/aromatic N) is 1. The van der Waals surface area contributed by atoms with Gasteiger partial charge in [0.05, 0.1) is 10.5 Å². The maximum absolute atomic E-state index is 13.0. The first-order chi connectivity index (χ1) is 14.3. The first-order valence-electron chi connectivity index (χ1n) is 9.07. The highest BCUT2D eigenvalue weighted by atomic mass is 32.2. The number of sulfonamides is 1. The molecule has 0 aliphatic carbocycles. The van der Waals surface area contributed by atoms with Crippen LogP contribution in [-0.4, -0.2) is 32.7 Å². The maximum atomic E-state index is 13.0. The summed E-state index contributed by atoms with van der Waals surface area (Å²) in [6.07, 6.45) is 0. The standard InChI is InChI=1S/C22H21FN2O4S/c1-25(2)30(27,28)19-7-5-6-18(14-19)24-22(26)20-8-3-4-9-21(20)29-15-16-10-12-17(23)13-11-16/h3-14H,15H2,1-2H3,(H,24,26). The van der Waals surface area contributed by atoms with Gasteiger partial charge in [-0.3, -0.25) is 4.79 Å². The lowest BCUT2D eigenvalue weighted by molar-refractivity contribution is 0.102. The van der Waals surface area contributed by atoms with Gasteiger partial charge in [-0.25, -0.2) is 17.1 Å². The van der Waals surface area contributed by atoms with E-state index in [0.29, 0.717) is 17.0 Å². The highest BCUT2D eigenvalue weighted by molar-refractivity contribution is 7.89. The van der Waals surface area contributed by atoms with E-state index in [-0.39, 0.29) is 17.3 Å². The van der Waals surface area contributed by atoms with Gasteiger partial charge in [0.1, 0.15) is 18.2 Å². The summed E-state index contributed by atoms with van der Waals surface area (Å²) in [5.74, 6) is -0.419. The SMILES string of the molecule is CN(C)S(=O)(=O)c1cccc(NC(=O)c2ccccc2OCc2ccc(F)cc2)c1. The van der Waals surface area contributed by atoms with E-state index in [0.717, 1.165) is 9.87 Å². The van der Waals surface area contributed by atoms with Crippen LogP contribution in [-0.2, 0) is 16.6 Å². The largest absolute Gasteiger partial charge is 0.488 e. The van der Waals surface area contributed by atoms with E-state index < -0.39 is 15.9 Å². The molecule has 0 radical (unpaired) electrons. The lowest BCUT2D eigenvalue weighted by Crippen LogP contribution is -2.22. The van der Waals surface area contributed by atoms with Crippen molar-refractivity contribution in [2.75, 3.05) is 19.4 Å². The second-order valence-electron chi connectivity index (χ2n) is 6.68. The van der Waals surface area contributed by atoms with Gasteiger partial charge in [-0.05, 0) is 48.0 Å². The van der Waals surface area contributed by atoms with Crippen molar-refractivity contribution in [3.05, 3.63) is 89.7 Å². The molecule has 0 aliphatic rings. The molecule has 3 aromatic rings. The summed E-state index contributed by atoms with van der Waals surface area (Å²) in [6.45, 7) is 0.168. The Labute approximate surface area is 175 Å². The lowest BCUT2D eigenvalue weighted by atomic mass is 10.1. The zero-order valence-corrected chi connectivity index (χ0v) is 17.3. The zero-order chi connectivity index (χ0) is 21.7. The molecule has 0 saturated carbocycles. The number of ether oxygens (including phenoxy) is 1. The highest BCUT2D eigenvalue weighted by Gasteiger charge is 2.18. The van der Waals surface area contributed by atoms with Crippen LogP contribution >= 0.6 is 0 Å². The predicted octanol–water partition coefficient (Wildman–Crippen LogP) is 3.91. The third-order valence-corrected chi connectivity index (χ3v) is 6.12. The molecule has 0 bridgehead atoms. The number of carbonyl (C=O) groups excluding carboxylic acids is 1. The second-order valence-corrected chi connectivity index (χ2v) is 8.83. The summed E-state index contributed by atoms with van der Waals surface area (Å²) in [5.41, 5.74) is 1.39. The van der Waals surface area contributed by atoms with Gasteiger partial charge in [-0.1, -0.05) is 30.3 Å². The molecule has 6 nitrogen and oxygen atoms in total. The molecule has 3 aromatic carbocycles. The van der Waals surface area contributed by atoms with Gasteiger partial charge in [-0.2, -0.15) is 0 Å². The zero-order valence-electron chi connectivity index (χ0n) is 16.5. The number of benzene rings is 3. The molecular weight excluding hydrogens is 407 g/mol. The highest BCUT2D eigenvalue weighted by Crippen LogP contribution is 2.23. The quantitative estimate of drug-likeness (QED) is 0.619. The minimum absolute atomic E-state index is 0.0751. The van der Waals surface area contributed by atoms with Gasteiger partial charge in [0, 0.05) is 19.8 Å². The van der Waals surface area contributed by atoms with Gasteiger partial charge in [-0.15, -0.1) is 0 Å². The van der Waals surface area contributed by atoms with Crippen LogP contribution in [0, 0.1) is 5.82 Å². The molecule has 0 aromatic heterocycles. The monoisotopic (exact) mass is 428 g/mol. The third kappa shape index (κ3) is 5.03. The smallest absolute Gasteiger partial charge is 0.259 e. The Bertz CT molecular complexity index is 1150. The number of hydrogen-bond donors (Lipinski definition) is 1. The number of nitrogens with one attached hydrogen (secondary N) is 1. The Kier molecular flexibility index (Phi) is 6.49. The fourth-order valence-electron chi connectivity index (χ4n) is 2.67. The van der Waals surface area contributed by atoms with E-state index in [1.54, 1.807) is 48.5 Å². The van der Waals surface area contributed by atoms with Gasteiger partial charge in [0.2, 0.25) is 10.0 Å². The van der Waals surface area contributed by atoms with Gasteiger partial charge in [0.15, 0.2) is 0 Å². The van der Waals surface area contributed by atoms with Gasteiger partial charge in [0.25, 0.3) is 5.91 Å². The Hall–Kier alpha value is -3.23. The summed E-state index contributed by atoms with van der Waals surface area (Å²) in [7, 11) is -0.740. The number of anilines is 1. The van der Waals surface area contributed by atoms with Crippen LogP contribution in [0.25, 0.3) is 0 Å². The van der Waals surface area contributed by atoms with Gasteiger partial charge >= 0.3 is 0 Å². The molecule has 1 amide bonds. The summed E-state index contributed by atoms with van der Waals surface area (Å²) < 4.78 is 44.5. The van der Waals surface area contributed by atoms with Crippen molar-refractivity contribution in [1.29, 1.82) is 0 Å². The van der Waals surface area contributed by atoms with Crippen molar-refractivity contribution in [3.8, 4) is 5.75 Å². The molecule has 0 heterocycles. The number of amides is 1. The van der Waals surface area contributed by atoms with Crippen molar-refractivity contribution in [1.82, 2.24) is 4.31 Å². The van der Waals surface area contributed by atoms with Crippen LogP contribution in [0.15, 0.2) is 77.7 Å². The average molecular weight is 428 g/mol. The molecule has 0 spiro atoms. The molecule has 0 saturated heterocycles. The molecule has 1 N–H and O–H groups in total. The number of rotatable bonds is 7. The predicted molar refractivity (Wildman–Crippen MR) is 112 cm³/mol. The van der Waals surface area contributed by atoms with E-state index in [4.69, 9.17) is 4.74 Å². The lowest BCUT2D eigenvalue weighted by Gasteiger charge is -2.14. The van der Waals surface area contributed by atoms with E-state index in [1.165, 1.54) is 38.4 Å².